The molecule has 1 fully saturated rings. The largest absolute Gasteiger partial charge is 0.314 e. The average molecular weight is 260 g/mol. The Kier molecular flexibility index (Phi) is 3.61. The summed E-state index contributed by atoms with van der Waals surface area (Å²) < 4.78 is 23.8. The maximum Gasteiger partial charge on any atom is 0.159 e. The third kappa shape index (κ3) is 2.44. The summed E-state index contributed by atoms with van der Waals surface area (Å²) in [7, 11) is -1.09. The molecule has 2 rings (SSSR count). The van der Waals surface area contributed by atoms with Crippen LogP contribution >= 0.6 is 11.3 Å². The van der Waals surface area contributed by atoms with Gasteiger partial charge in [-0.05, 0) is 19.9 Å². The molecule has 0 aliphatic carbocycles. The van der Waals surface area contributed by atoms with E-state index in [1.165, 1.54) is 11.3 Å². The van der Waals surface area contributed by atoms with Gasteiger partial charge in [-0.15, -0.1) is 11.3 Å². The average Bonchev–Trinajstić information content (AvgIpc) is 2.66. The summed E-state index contributed by atoms with van der Waals surface area (Å²) in [5.74, 6) is 0.318. The molecule has 0 amide bonds. The maximum absolute atomic E-state index is 11.9. The van der Waals surface area contributed by atoms with Crippen LogP contribution in [0, 0.1) is 0 Å². The second-order valence-corrected chi connectivity index (χ2v) is 7.25. The second kappa shape index (κ2) is 4.81. The van der Waals surface area contributed by atoms with E-state index in [0.717, 1.165) is 30.0 Å². The van der Waals surface area contributed by atoms with E-state index in [0.29, 0.717) is 12.3 Å². The first kappa shape index (κ1) is 12.0. The SMILES string of the molecule is CNCc1csc(C2CCCCS2(=O)=O)n1. The number of sulfone groups is 1. The van der Waals surface area contributed by atoms with Gasteiger partial charge in [0, 0.05) is 11.9 Å². The van der Waals surface area contributed by atoms with E-state index < -0.39 is 9.84 Å². The van der Waals surface area contributed by atoms with E-state index in [2.05, 4.69) is 10.3 Å². The summed E-state index contributed by atoms with van der Waals surface area (Å²) in [6, 6.07) is 0. The molecular formula is C10H16N2O2S2. The third-order valence-electron chi connectivity index (χ3n) is 2.78. The van der Waals surface area contributed by atoms with Gasteiger partial charge in [0.2, 0.25) is 0 Å². The number of nitrogens with zero attached hydrogens (tertiary/aromatic N) is 1. The van der Waals surface area contributed by atoms with Gasteiger partial charge in [0.05, 0.1) is 11.4 Å². The molecule has 16 heavy (non-hydrogen) atoms. The molecule has 1 aliphatic rings. The van der Waals surface area contributed by atoms with E-state index >= 15 is 0 Å². The van der Waals surface area contributed by atoms with Gasteiger partial charge in [-0.2, -0.15) is 0 Å². The Balaban J connectivity index is 2.22. The molecule has 0 spiro atoms. The summed E-state index contributed by atoms with van der Waals surface area (Å²) in [5, 5.41) is 5.37. The molecule has 0 saturated carbocycles. The van der Waals surface area contributed by atoms with Crippen LogP contribution in [0.3, 0.4) is 0 Å². The van der Waals surface area contributed by atoms with Crippen molar-refractivity contribution in [3.8, 4) is 0 Å². The summed E-state index contributed by atoms with van der Waals surface area (Å²) in [6.45, 7) is 0.698. The van der Waals surface area contributed by atoms with Gasteiger partial charge >= 0.3 is 0 Å². The van der Waals surface area contributed by atoms with Crippen LogP contribution in [0.15, 0.2) is 5.38 Å². The van der Waals surface area contributed by atoms with Gasteiger partial charge < -0.3 is 5.32 Å². The second-order valence-electron chi connectivity index (χ2n) is 4.06. The van der Waals surface area contributed by atoms with Crippen molar-refractivity contribution in [1.82, 2.24) is 10.3 Å². The van der Waals surface area contributed by atoms with Crippen LogP contribution in [-0.4, -0.2) is 26.2 Å². The first-order valence-corrected chi connectivity index (χ1v) is 8.03. The molecule has 0 bridgehead atoms. The Bertz CT molecular complexity index is 453. The van der Waals surface area contributed by atoms with Crippen molar-refractivity contribution in [3.05, 3.63) is 16.1 Å². The van der Waals surface area contributed by atoms with Gasteiger partial charge in [-0.1, -0.05) is 6.42 Å². The number of hydrogen-bond donors (Lipinski definition) is 1. The smallest absolute Gasteiger partial charge is 0.159 e. The zero-order valence-corrected chi connectivity index (χ0v) is 10.9. The zero-order chi connectivity index (χ0) is 11.6. The molecule has 1 atom stereocenters. The molecule has 1 saturated heterocycles. The Morgan fingerprint density at radius 2 is 2.38 bits per heavy atom. The van der Waals surface area contributed by atoms with Crippen molar-refractivity contribution in [3.63, 3.8) is 0 Å². The van der Waals surface area contributed by atoms with Gasteiger partial charge in [0.25, 0.3) is 0 Å². The highest BCUT2D eigenvalue weighted by Gasteiger charge is 2.32. The van der Waals surface area contributed by atoms with Crippen LogP contribution in [0.4, 0.5) is 0 Å². The Labute approximate surface area is 100 Å². The van der Waals surface area contributed by atoms with E-state index in [9.17, 15) is 8.42 Å². The van der Waals surface area contributed by atoms with Crippen molar-refractivity contribution in [1.29, 1.82) is 0 Å². The van der Waals surface area contributed by atoms with Crippen molar-refractivity contribution < 1.29 is 8.42 Å². The lowest BCUT2D eigenvalue weighted by molar-refractivity contribution is 0.545. The summed E-state index contributed by atoms with van der Waals surface area (Å²) >= 11 is 1.47. The number of rotatable bonds is 3. The molecule has 2 heterocycles. The molecular weight excluding hydrogens is 244 g/mol. The summed E-state index contributed by atoms with van der Waals surface area (Å²) in [4.78, 5) is 4.40. The Morgan fingerprint density at radius 3 is 3.06 bits per heavy atom. The fourth-order valence-corrected chi connectivity index (χ4v) is 5.18. The molecule has 4 nitrogen and oxygen atoms in total. The minimum atomic E-state index is -2.95. The van der Waals surface area contributed by atoms with Crippen molar-refractivity contribution in [2.45, 2.75) is 31.1 Å². The van der Waals surface area contributed by atoms with Crippen LogP contribution in [-0.2, 0) is 16.4 Å². The predicted octanol–water partition coefficient (Wildman–Crippen LogP) is 1.50. The van der Waals surface area contributed by atoms with Gasteiger partial charge in [0.15, 0.2) is 9.84 Å². The predicted molar refractivity (Wildman–Crippen MR) is 65.3 cm³/mol. The Morgan fingerprint density at radius 1 is 1.56 bits per heavy atom. The minimum absolute atomic E-state index is 0.318. The topological polar surface area (TPSA) is 59.1 Å². The third-order valence-corrected chi connectivity index (χ3v) is 6.12. The highest BCUT2D eigenvalue weighted by molar-refractivity contribution is 7.91. The fourth-order valence-electron chi connectivity index (χ4n) is 1.96. The van der Waals surface area contributed by atoms with Gasteiger partial charge in [0.1, 0.15) is 10.3 Å². The molecule has 1 aromatic rings. The number of hydrogen-bond acceptors (Lipinski definition) is 5. The minimum Gasteiger partial charge on any atom is -0.314 e. The molecule has 6 heteroatoms. The summed E-state index contributed by atoms with van der Waals surface area (Å²) in [6.07, 6.45) is 2.52. The molecule has 0 aromatic carbocycles. The fraction of sp³-hybridized carbons (Fsp3) is 0.700. The molecule has 1 unspecified atom stereocenters. The van der Waals surface area contributed by atoms with E-state index in [-0.39, 0.29) is 5.25 Å². The summed E-state index contributed by atoms with van der Waals surface area (Å²) in [5.41, 5.74) is 0.934. The molecule has 1 aromatic heterocycles. The first-order chi connectivity index (χ1) is 7.63. The van der Waals surface area contributed by atoms with Crippen LogP contribution < -0.4 is 5.32 Å². The zero-order valence-electron chi connectivity index (χ0n) is 9.27. The van der Waals surface area contributed by atoms with Crippen molar-refractivity contribution in [2.75, 3.05) is 12.8 Å². The van der Waals surface area contributed by atoms with E-state index in [4.69, 9.17) is 0 Å². The highest BCUT2D eigenvalue weighted by atomic mass is 32.2. The van der Waals surface area contributed by atoms with Crippen molar-refractivity contribution in [2.24, 2.45) is 0 Å². The number of nitrogens with one attached hydrogen (secondary N) is 1. The monoisotopic (exact) mass is 260 g/mol. The highest BCUT2D eigenvalue weighted by Crippen LogP contribution is 2.34. The quantitative estimate of drug-likeness (QED) is 0.895. The van der Waals surface area contributed by atoms with Gasteiger partial charge in [-0.3, -0.25) is 0 Å². The first-order valence-electron chi connectivity index (χ1n) is 5.44. The normalized spacial score (nSPS) is 24.4. The van der Waals surface area contributed by atoms with Crippen molar-refractivity contribution >= 4 is 21.2 Å². The van der Waals surface area contributed by atoms with Crippen LogP contribution in [0.25, 0.3) is 0 Å². The molecule has 1 aliphatic heterocycles. The molecule has 90 valence electrons. The Hall–Kier alpha value is -0.460. The standard InChI is InChI=1S/C10H16N2O2S2/c1-11-6-8-7-15-10(12-8)9-4-2-3-5-16(9,13)14/h7,9,11H,2-6H2,1H3. The number of thiazole rings is 1. The lowest BCUT2D eigenvalue weighted by Gasteiger charge is -2.19. The van der Waals surface area contributed by atoms with Gasteiger partial charge in [-0.25, -0.2) is 13.4 Å². The van der Waals surface area contributed by atoms with E-state index in [1.807, 2.05) is 12.4 Å². The maximum atomic E-state index is 11.9. The lowest BCUT2D eigenvalue weighted by Crippen LogP contribution is -2.21. The number of aromatic nitrogens is 1. The molecule has 1 N–H and O–H groups in total. The molecule has 0 radical (unpaired) electrons. The van der Waals surface area contributed by atoms with Crippen LogP contribution in [0.2, 0.25) is 0 Å². The lowest BCUT2D eigenvalue weighted by atomic mass is 10.2. The van der Waals surface area contributed by atoms with Crippen LogP contribution in [0.1, 0.15) is 35.2 Å². The van der Waals surface area contributed by atoms with Crippen LogP contribution in [0.5, 0.6) is 0 Å². The van der Waals surface area contributed by atoms with E-state index in [1.54, 1.807) is 0 Å².